The van der Waals surface area contributed by atoms with E-state index < -0.39 is 25.9 Å². The summed E-state index contributed by atoms with van der Waals surface area (Å²) in [6.07, 6.45) is 0. The molecule has 9 heteroatoms. The van der Waals surface area contributed by atoms with Gasteiger partial charge in [0, 0.05) is 0 Å². The fourth-order valence-electron chi connectivity index (χ4n) is 0. The average molecular weight is 180 g/mol. The van der Waals surface area contributed by atoms with Gasteiger partial charge in [0.05, 0.1) is 0 Å². The molecule has 0 radical (unpaired) electrons. The summed E-state index contributed by atoms with van der Waals surface area (Å²) in [6, 6.07) is 0. The van der Waals surface area contributed by atoms with Gasteiger partial charge in [-0.15, -0.1) is 0 Å². The van der Waals surface area contributed by atoms with Crippen molar-refractivity contribution in [1.82, 2.24) is 0 Å². The third-order valence-electron chi connectivity index (χ3n) is 0. The first-order valence-electron chi connectivity index (χ1n) is 1.17. The van der Waals surface area contributed by atoms with Gasteiger partial charge in [0.1, 0.15) is 0 Å². The summed E-state index contributed by atoms with van der Waals surface area (Å²) in [5.41, 5.74) is 0. The molecule has 0 heterocycles. The molecule has 0 aliphatic rings. The Bertz CT molecular complexity index is 127. The molecule has 0 atom stereocenters. The molecule has 0 amide bonds. The van der Waals surface area contributed by atoms with Gasteiger partial charge in [0.15, 0.2) is 0 Å². The number of rotatable bonds is 0. The predicted molar refractivity (Wildman–Crippen MR) is 20.6 cm³/mol. The molecule has 0 aromatic heterocycles. The third-order valence-corrected chi connectivity index (χ3v) is 0. The van der Waals surface area contributed by atoms with Crippen molar-refractivity contribution in [2.45, 2.75) is 0 Å². The van der Waals surface area contributed by atoms with Crippen LogP contribution in [0.5, 0.6) is 0 Å². The maximum absolute atomic E-state index is 8.74. The molecule has 0 fully saturated rings. The molecule has 0 aliphatic heterocycles. The molecule has 0 unspecified atom stereocenters. The zero-order chi connectivity index (χ0) is 7.21. The molecule has 0 aromatic carbocycles. The summed E-state index contributed by atoms with van der Waals surface area (Å²) in [5.74, 6) is 0. The van der Waals surface area contributed by atoms with Crippen LogP contribution in [-0.4, -0.2) is 33.0 Å². The summed E-state index contributed by atoms with van der Waals surface area (Å²) in [7, 11) is -4.67. The molecule has 0 aromatic rings. The second kappa shape index (κ2) is 9.00. The van der Waals surface area contributed by atoms with Crippen LogP contribution in [0.4, 0.5) is 0 Å². The second-order valence-corrected chi connectivity index (χ2v) is 1.63. The molecule has 48 valence electrons. The zero-order valence-corrected chi connectivity index (χ0v) is 8.48. The van der Waals surface area contributed by atoms with Gasteiger partial charge in [0.25, 0.3) is 0 Å². The van der Waals surface area contributed by atoms with Crippen LogP contribution in [0.1, 0.15) is 0 Å². The van der Waals surface area contributed by atoms with Crippen molar-refractivity contribution in [3.8, 4) is 0 Å². The van der Waals surface area contributed by atoms with E-state index in [4.69, 9.17) is 25.5 Å². The molecular weight excluding hydrogens is 178 g/mol. The molecule has 2 N–H and O–H groups in total. The van der Waals surface area contributed by atoms with E-state index >= 15 is 0 Å². The van der Waals surface area contributed by atoms with Crippen LogP contribution in [0.3, 0.4) is 0 Å². The van der Waals surface area contributed by atoms with E-state index in [2.05, 4.69) is 0 Å². The second-order valence-electron chi connectivity index (χ2n) is 0.544. The Kier molecular flexibility index (Phi) is 16.5. The minimum atomic E-state index is -4.67. The van der Waals surface area contributed by atoms with Gasteiger partial charge >= 0.3 is 63.4 Å². The molecule has 0 rings (SSSR count). The van der Waals surface area contributed by atoms with Gasteiger partial charge in [-0.3, -0.25) is 9.11 Å². The van der Waals surface area contributed by atoms with Crippen molar-refractivity contribution in [3.05, 3.63) is 0 Å². The van der Waals surface area contributed by atoms with Crippen LogP contribution in [0.15, 0.2) is 0 Å². The van der Waals surface area contributed by atoms with E-state index in [9.17, 15) is 0 Å². The van der Waals surface area contributed by atoms with Crippen LogP contribution >= 0.6 is 0 Å². The number of hydrogen-bond acceptors (Lipinski definition) is 4. The Morgan fingerprint density at radius 1 is 1.33 bits per heavy atom. The topological polar surface area (TPSA) is 115 Å². The Morgan fingerprint density at radius 2 is 1.33 bits per heavy atom. The normalized spacial score (nSPS) is 7.33. The zero-order valence-electron chi connectivity index (χ0n) is 4.51. The van der Waals surface area contributed by atoms with Gasteiger partial charge < -0.3 is 0 Å². The predicted octanol–water partition coefficient (Wildman–Crippen LogP) is -5.34. The molecule has 0 saturated heterocycles. The first kappa shape index (κ1) is 16.5. The van der Waals surface area contributed by atoms with Crippen LogP contribution in [0.25, 0.3) is 0 Å². The van der Waals surface area contributed by atoms with E-state index in [0.717, 1.165) is 0 Å². The van der Waals surface area contributed by atoms with Crippen LogP contribution in [0, 0.1) is 0 Å². The standard InChI is InChI=1S/Al.Na.H2O4S.2O/c;;1-5(2,3)4;;/h;;(H2,1,2,3,4);;/q;+1;;;-1. The molecule has 6 nitrogen and oxygen atoms in total. The fraction of sp³-hybridized carbons (Fsp3) is 0. The molecule has 0 saturated carbocycles. The quantitative estimate of drug-likeness (QED) is 0.284. The maximum atomic E-state index is 8.74. The summed E-state index contributed by atoms with van der Waals surface area (Å²) < 4.78 is 48.5. The van der Waals surface area contributed by atoms with Crippen molar-refractivity contribution in [2.75, 3.05) is 0 Å². The minimum absolute atomic E-state index is 0. The Balaban J connectivity index is -0.0000000800. The Hall–Kier alpha value is 1.00. The van der Waals surface area contributed by atoms with Crippen molar-refractivity contribution in [3.63, 3.8) is 0 Å². The molecule has 9 heavy (non-hydrogen) atoms. The van der Waals surface area contributed by atoms with E-state index in [1.54, 1.807) is 0 Å². The summed E-state index contributed by atoms with van der Waals surface area (Å²) in [5, 5.41) is 0. The SMILES string of the molecule is O=S(=O)(O)O.[Na+].[O]=[Al][O-]. The van der Waals surface area contributed by atoms with Gasteiger partial charge in [-0.1, -0.05) is 0 Å². The van der Waals surface area contributed by atoms with E-state index in [1.807, 2.05) is 0 Å². The Labute approximate surface area is 80.4 Å². The fourth-order valence-corrected chi connectivity index (χ4v) is 0. The van der Waals surface area contributed by atoms with Crippen molar-refractivity contribution < 1.29 is 55.0 Å². The third kappa shape index (κ3) is 439. The number of hydrogen-bond donors (Lipinski definition) is 2. The monoisotopic (exact) mass is 180 g/mol. The summed E-state index contributed by atoms with van der Waals surface area (Å²) in [4.78, 5) is 0. The van der Waals surface area contributed by atoms with Crippen LogP contribution in [0.2, 0.25) is 0 Å². The van der Waals surface area contributed by atoms with E-state index in [1.165, 1.54) is 0 Å². The summed E-state index contributed by atoms with van der Waals surface area (Å²) in [6.45, 7) is 0. The van der Waals surface area contributed by atoms with Crippen LogP contribution < -0.4 is 33.7 Å². The molecule has 0 spiro atoms. The first-order valence-corrected chi connectivity index (χ1v) is 3.51. The van der Waals surface area contributed by atoms with E-state index in [0.29, 0.717) is 0 Å². The van der Waals surface area contributed by atoms with Gasteiger partial charge in [-0.2, -0.15) is 8.42 Å². The summed E-state index contributed by atoms with van der Waals surface area (Å²) >= 11 is -1.75. The van der Waals surface area contributed by atoms with Crippen molar-refractivity contribution in [1.29, 1.82) is 0 Å². The van der Waals surface area contributed by atoms with E-state index in [-0.39, 0.29) is 29.6 Å². The Morgan fingerprint density at radius 3 is 1.33 bits per heavy atom. The molecule has 0 bridgehead atoms. The van der Waals surface area contributed by atoms with Crippen LogP contribution in [-0.2, 0) is 14.2 Å². The van der Waals surface area contributed by atoms with Gasteiger partial charge in [-0.05, 0) is 0 Å². The van der Waals surface area contributed by atoms with Gasteiger partial charge in [-0.25, -0.2) is 0 Å². The van der Waals surface area contributed by atoms with Gasteiger partial charge in [0.2, 0.25) is 0 Å². The van der Waals surface area contributed by atoms with Crippen molar-refractivity contribution >= 4 is 25.9 Å². The average Bonchev–Trinajstić information content (AvgIpc) is 1.27. The molecule has 0 aliphatic carbocycles. The first-order chi connectivity index (χ1) is 3.41. The molecular formula is H2AlNaO6S. The van der Waals surface area contributed by atoms with Crippen molar-refractivity contribution in [2.24, 2.45) is 0 Å².